The third kappa shape index (κ3) is 3.40. The summed E-state index contributed by atoms with van der Waals surface area (Å²) in [6.45, 7) is 6.54. The zero-order chi connectivity index (χ0) is 17.1. The Morgan fingerprint density at radius 2 is 1.96 bits per heavy atom. The number of nitrogens with zero attached hydrogens (tertiary/aromatic N) is 1. The smallest absolute Gasteiger partial charge is 0.230 e. The highest BCUT2D eigenvalue weighted by Crippen LogP contribution is 2.24. The number of nitrogens with one attached hydrogen (secondary N) is 1. The second kappa shape index (κ2) is 6.74. The fourth-order valence-corrected chi connectivity index (χ4v) is 2.73. The molecule has 0 saturated heterocycles. The molecule has 0 atom stereocenters. The van der Waals surface area contributed by atoms with Gasteiger partial charge in [0.1, 0.15) is 11.4 Å². The molecule has 0 spiro atoms. The van der Waals surface area contributed by atoms with Crippen LogP contribution in [0.25, 0.3) is 11.0 Å². The van der Waals surface area contributed by atoms with Crippen LogP contribution in [-0.2, 0) is 11.2 Å². The summed E-state index contributed by atoms with van der Waals surface area (Å²) in [5, 5.41) is 7.83. The molecule has 1 amide bonds. The van der Waals surface area contributed by atoms with E-state index in [1.165, 1.54) is 0 Å². The Morgan fingerprint density at radius 3 is 2.67 bits per heavy atom. The minimum absolute atomic E-state index is 0.131. The molecule has 3 aromatic rings. The Hall–Kier alpha value is -2.82. The number of rotatable bonds is 5. The Morgan fingerprint density at radius 1 is 1.21 bits per heavy atom. The van der Waals surface area contributed by atoms with Crippen molar-refractivity contribution in [3.05, 3.63) is 53.2 Å². The first-order valence-electron chi connectivity index (χ1n) is 7.95. The number of carbonyl (C=O) groups excluding carboxylic acids is 1. The van der Waals surface area contributed by atoms with Crippen molar-refractivity contribution in [2.75, 3.05) is 11.9 Å². The molecule has 124 valence electrons. The lowest BCUT2D eigenvalue weighted by Gasteiger charge is -2.06. The van der Waals surface area contributed by atoms with E-state index in [1.807, 2.05) is 57.2 Å². The van der Waals surface area contributed by atoms with Crippen LogP contribution in [0.5, 0.6) is 5.75 Å². The van der Waals surface area contributed by atoms with Crippen molar-refractivity contribution in [2.24, 2.45) is 0 Å². The second-order valence-electron chi connectivity index (χ2n) is 5.77. The minimum Gasteiger partial charge on any atom is -0.494 e. The van der Waals surface area contributed by atoms with Crippen LogP contribution in [0.3, 0.4) is 0 Å². The topological polar surface area (TPSA) is 64.4 Å². The van der Waals surface area contributed by atoms with Gasteiger partial charge in [0.25, 0.3) is 0 Å². The summed E-state index contributed by atoms with van der Waals surface area (Å²) in [7, 11) is 0. The van der Waals surface area contributed by atoms with Gasteiger partial charge in [-0.15, -0.1) is 0 Å². The van der Waals surface area contributed by atoms with Crippen LogP contribution in [0.1, 0.15) is 23.7 Å². The SMILES string of the molecule is CCOc1ccc(NC(=O)Cc2noc3c(C)cc(C)cc23)cc1. The largest absolute Gasteiger partial charge is 0.494 e. The average molecular weight is 324 g/mol. The number of anilines is 1. The molecule has 0 bridgehead atoms. The Bertz CT molecular complexity index is 866. The third-order valence-corrected chi connectivity index (χ3v) is 3.75. The van der Waals surface area contributed by atoms with Gasteiger partial charge in [0, 0.05) is 11.1 Å². The number of hydrogen-bond donors (Lipinski definition) is 1. The maximum Gasteiger partial charge on any atom is 0.230 e. The highest BCUT2D eigenvalue weighted by Gasteiger charge is 2.14. The third-order valence-electron chi connectivity index (χ3n) is 3.75. The monoisotopic (exact) mass is 324 g/mol. The molecule has 0 radical (unpaired) electrons. The number of fused-ring (bicyclic) bond motifs is 1. The predicted molar refractivity (Wildman–Crippen MR) is 93.4 cm³/mol. The molecule has 5 nitrogen and oxygen atoms in total. The highest BCUT2D eigenvalue weighted by molar-refractivity contribution is 5.95. The molecule has 24 heavy (non-hydrogen) atoms. The lowest BCUT2D eigenvalue weighted by atomic mass is 10.1. The van der Waals surface area contributed by atoms with Crippen molar-refractivity contribution in [3.8, 4) is 5.75 Å². The van der Waals surface area contributed by atoms with Gasteiger partial charge in [0.15, 0.2) is 5.58 Å². The molecule has 3 rings (SSSR count). The number of ether oxygens (including phenoxy) is 1. The molecule has 2 aromatic carbocycles. The van der Waals surface area contributed by atoms with Crippen LogP contribution in [0.15, 0.2) is 40.9 Å². The van der Waals surface area contributed by atoms with E-state index < -0.39 is 0 Å². The number of carbonyl (C=O) groups is 1. The van der Waals surface area contributed by atoms with E-state index in [0.29, 0.717) is 12.3 Å². The quantitative estimate of drug-likeness (QED) is 0.770. The van der Waals surface area contributed by atoms with Crippen molar-refractivity contribution in [1.82, 2.24) is 5.16 Å². The van der Waals surface area contributed by atoms with Gasteiger partial charge in [-0.25, -0.2) is 0 Å². The van der Waals surface area contributed by atoms with E-state index in [1.54, 1.807) is 0 Å². The van der Waals surface area contributed by atoms with E-state index in [9.17, 15) is 4.79 Å². The van der Waals surface area contributed by atoms with Crippen LogP contribution < -0.4 is 10.1 Å². The van der Waals surface area contributed by atoms with Gasteiger partial charge < -0.3 is 14.6 Å². The molecule has 0 fully saturated rings. The van der Waals surface area contributed by atoms with E-state index in [4.69, 9.17) is 9.26 Å². The molecule has 1 aromatic heterocycles. The Balaban J connectivity index is 1.73. The van der Waals surface area contributed by atoms with Gasteiger partial charge in [-0.05, 0) is 62.2 Å². The van der Waals surface area contributed by atoms with Gasteiger partial charge in [-0.2, -0.15) is 0 Å². The number of benzene rings is 2. The van der Waals surface area contributed by atoms with Gasteiger partial charge in [-0.1, -0.05) is 11.2 Å². The van der Waals surface area contributed by atoms with Crippen molar-refractivity contribution in [3.63, 3.8) is 0 Å². The lowest BCUT2D eigenvalue weighted by molar-refractivity contribution is -0.115. The average Bonchev–Trinajstić information content (AvgIpc) is 2.92. The number of aromatic nitrogens is 1. The van der Waals surface area contributed by atoms with Crippen LogP contribution in [0.4, 0.5) is 5.69 Å². The summed E-state index contributed by atoms with van der Waals surface area (Å²) < 4.78 is 10.8. The van der Waals surface area contributed by atoms with Crippen molar-refractivity contribution < 1.29 is 14.1 Å². The Labute approximate surface area is 140 Å². The molecule has 1 heterocycles. The summed E-state index contributed by atoms with van der Waals surface area (Å²) in [5.41, 5.74) is 4.26. The summed E-state index contributed by atoms with van der Waals surface area (Å²) in [6, 6.07) is 11.3. The van der Waals surface area contributed by atoms with Crippen molar-refractivity contribution in [2.45, 2.75) is 27.2 Å². The molecule has 0 saturated carbocycles. The maximum atomic E-state index is 12.3. The van der Waals surface area contributed by atoms with E-state index in [-0.39, 0.29) is 12.3 Å². The summed E-state index contributed by atoms with van der Waals surface area (Å²) in [4.78, 5) is 12.3. The van der Waals surface area contributed by atoms with Gasteiger partial charge in [-0.3, -0.25) is 4.79 Å². The van der Waals surface area contributed by atoms with E-state index >= 15 is 0 Å². The normalized spacial score (nSPS) is 10.8. The standard InChI is InChI=1S/C19H20N2O3/c1-4-23-15-7-5-14(6-8-15)20-18(22)11-17-16-10-12(2)9-13(3)19(16)24-21-17/h5-10H,4,11H2,1-3H3,(H,20,22). The Kier molecular flexibility index (Phi) is 4.51. The number of amides is 1. The fraction of sp³-hybridized carbons (Fsp3) is 0.263. The molecule has 0 aliphatic rings. The molecule has 0 aliphatic carbocycles. The van der Waals surface area contributed by atoms with Crippen LogP contribution in [0.2, 0.25) is 0 Å². The fourth-order valence-electron chi connectivity index (χ4n) is 2.73. The van der Waals surface area contributed by atoms with Crippen molar-refractivity contribution in [1.29, 1.82) is 0 Å². The second-order valence-corrected chi connectivity index (χ2v) is 5.77. The summed E-state index contributed by atoms with van der Waals surface area (Å²) in [6.07, 6.45) is 0.170. The van der Waals surface area contributed by atoms with Crippen LogP contribution >= 0.6 is 0 Å². The first-order chi connectivity index (χ1) is 11.6. The lowest BCUT2D eigenvalue weighted by Crippen LogP contribution is -2.14. The van der Waals surface area contributed by atoms with Gasteiger partial charge in [0.2, 0.25) is 5.91 Å². The summed E-state index contributed by atoms with van der Waals surface area (Å²) >= 11 is 0. The number of hydrogen-bond acceptors (Lipinski definition) is 4. The highest BCUT2D eigenvalue weighted by atomic mass is 16.5. The molecular formula is C19H20N2O3. The van der Waals surface area contributed by atoms with Crippen LogP contribution in [-0.4, -0.2) is 17.7 Å². The molecule has 5 heteroatoms. The first-order valence-corrected chi connectivity index (χ1v) is 7.95. The van der Waals surface area contributed by atoms with Gasteiger partial charge in [0.05, 0.1) is 13.0 Å². The molecule has 0 aliphatic heterocycles. The van der Waals surface area contributed by atoms with E-state index in [2.05, 4.69) is 10.5 Å². The minimum atomic E-state index is -0.131. The number of aryl methyl sites for hydroxylation is 2. The molecule has 0 unspecified atom stereocenters. The van der Waals surface area contributed by atoms with Gasteiger partial charge >= 0.3 is 0 Å². The van der Waals surface area contributed by atoms with E-state index in [0.717, 1.165) is 33.5 Å². The zero-order valence-electron chi connectivity index (χ0n) is 14.1. The first kappa shape index (κ1) is 16.1. The summed E-state index contributed by atoms with van der Waals surface area (Å²) in [5.74, 6) is 0.650. The molecular weight excluding hydrogens is 304 g/mol. The zero-order valence-corrected chi connectivity index (χ0v) is 14.1. The molecule has 1 N–H and O–H groups in total. The van der Waals surface area contributed by atoms with Crippen LogP contribution in [0, 0.1) is 13.8 Å². The van der Waals surface area contributed by atoms with Crippen molar-refractivity contribution >= 4 is 22.6 Å². The predicted octanol–water partition coefficient (Wildman–Crippen LogP) is 4.02. The maximum absolute atomic E-state index is 12.3.